The van der Waals surface area contributed by atoms with E-state index in [2.05, 4.69) is 0 Å². The molecule has 72 valence electrons. The smallest absolute Gasteiger partial charge is 0.302 e. The second kappa shape index (κ2) is 7.06. The highest BCUT2D eigenvalue weighted by atomic mass is 16.5. The number of aliphatic hydroxyl groups excluding tert-OH is 1. The third-order valence-electron chi connectivity index (χ3n) is 1.51. The van der Waals surface area contributed by atoms with Crippen molar-refractivity contribution < 1.29 is 19.4 Å². The van der Waals surface area contributed by atoms with Crippen molar-refractivity contribution in [3.05, 3.63) is 0 Å². The van der Waals surface area contributed by atoms with Gasteiger partial charge in [0, 0.05) is 33.2 Å². The molecule has 1 N–H and O–H groups in total. The largest absolute Gasteiger partial charge is 0.465 e. The van der Waals surface area contributed by atoms with Crippen molar-refractivity contribution in [2.24, 2.45) is 5.92 Å². The van der Waals surface area contributed by atoms with Gasteiger partial charge in [-0.2, -0.15) is 0 Å². The van der Waals surface area contributed by atoms with Crippen molar-refractivity contribution in [1.82, 2.24) is 0 Å². The number of methoxy groups -OCH3 is 1. The Labute approximate surface area is 72.5 Å². The molecule has 0 amide bonds. The molecule has 4 heteroatoms. The van der Waals surface area contributed by atoms with Gasteiger partial charge in [-0.15, -0.1) is 0 Å². The fourth-order valence-corrected chi connectivity index (χ4v) is 0.747. The summed E-state index contributed by atoms with van der Waals surface area (Å²) in [5, 5.41) is 8.82. The summed E-state index contributed by atoms with van der Waals surface area (Å²) in [6, 6.07) is 0. The summed E-state index contributed by atoms with van der Waals surface area (Å²) >= 11 is 0. The molecule has 0 radical (unpaired) electrons. The van der Waals surface area contributed by atoms with Crippen molar-refractivity contribution in [1.29, 1.82) is 0 Å². The predicted octanol–water partition coefficient (Wildman–Crippen LogP) is 0.194. The fraction of sp³-hybridized carbons (Fsp3) is 0.875. The van der Waals surface area contributed by atoms with Crippen LogP contribution in [0.5, 0.6) is 0 Å². The summed E-state index contributed by atoms with van der Waals surface area (Å²) in [4.78, 5) is 10.4. The maximum absolute atomic E-state index is 10.4. The van der Waals surface area contributed by atoms with Gasteiger partial charge < -0.3 is 14.6 Å². The zero-order valence-corrected chi connectivity index (χ0v) is 7.58. The summed E-state index contributed by atoms with van der Waals surface area (Å²) < 4.78 is 9.57. The van der Waals surface area contributed by atoms with Crippen LogP contribution in [0.3, 0.4) is 0 Å². The zero-order chi connectivity index (χ0) is 9.40. The third kappa shape index (κ3) is 6.12. The van der Waals surface area contributed by atoms with Gasteiger partial charge in [0.2, 0.25) is 0 Å². The average molecular weight is 176 g/mol. The molecule has 0 aromatic rings. The standard InChI is InChI=1S/C8H16O4/c1-7(10)12-6-8(5-9)3-4-11-2/h8-9H,3-6H2,1-2H3. The number of rotatable bonds is 6. The SMILES string of the molecule is COCCC(CO)COC(C)=O. The summed E-state index contributed by atoms with van der Waals surface area (Å²) in [5.74, 6) is -0.320. The molecular formula is C8H16O4. The van der Waals surface area contributed by atoms with Gasteiger partial charge in [-0.3, -0.25) is 4.79 Å². The van der Waals surface area contributed by atoms with Crippen LogP contribution >= 0.6 is 0 Å². The van der Waals surface area contributed by atoms with Crippen molar-refractivity contribution in [3.8, 4) is 0 Å². The number of hydrogen-bond acceptors (Lipinski definition) is 4. The minimum Gasteiger partial charge on any atom is -0.465 e. The summed E-state index contributed by atoms with van der Waals surface area (Å²) in [6.07, 6.45) is 0.709. The van der Waals surface area contributed by atoms with E-state index < -0.39 is 0 Å². The van der Waals surface area contributed by atoms with Crippen LogP contribution < -0.4 is 0 Å². The monoisotopic (exact) mass is 176 g/mol. The molecule has 12 heavy (non-hydrogen) atoms. The van der Waals surface area contributed by atoms with Crippen LogP contribution in [-0.2, 0) is 14.3 Å². The average Bonchev–Trinajstić information content (AvgIpc) is 2.05. The van der Waals surface area contributed by atoms with Crippen LogP contribution in [0.1, 0.15) is 13.3 Å². The Hall–Kier alpha value is -0.610. The lowest BCUT2D eigenvalue weighted by atomic mass is 10.1. The van der Waals surface area contributed by atoms with Gasteiger partial charge >= 0.3 is 5.97 Å². The molecular weight excluding hydrogens is 160 g/mol. The molecule has 0 fully saturated rings. The summed E-state index contributed by atoms with van der Waals surface area (Å²) in [5.41, 5.74) is 0. The molecule has 0 saturated carbocycles. The van der Waals surface area contributed by atoms with Gasteiger partial charge in [-0.1, -0.05) is 0 Å². The maximum atomic E-state index is 10.4. The molecule has 4 nitrogen and oxygen atoms in total. The molecule has 0 aliphatic carbocycles. The molecule has 0 bridgehead atoms. The first-order valence-corrected chi connectivity index (χ1v) is 3.93. The van der Waals surface area contributed by atoms with Crippen LogP contribution in [0.15, 0.2) is 0 Å². The van der Waals surface area contributed by atoms with E-state index in [4.69, 9.17) is 14.6 Å². The first-order chi connectivity index (χ1) is 5.70. The molecule has 0 aromatic carbocycles. The molecule has 1 unspecified atom stereocenters. The molecule has 0 saturated heterocycles. The highest BCUT2D eigenvalue weighted by Crippen LogP contribution is 2.02. The summed E-state index contributed by atoms with van der Waals surface area (Å²) in [6.45, 7) is 2.23. The lowest BCUT2D eigenvalue weighted by Gasteiger charge is -2.12. The number of carbonyl (C=O) groups excluding carboxylic acids is 1. The number of ether oxygens (including phenoxy) is 2. The van der Waals surface area contributed by atoms with Crippen molar-refractivity contribution in [3.63, 3.8) is 0 Å². The van der Waals surface area contributed by atoms with Crippen LogP contribution in [0, 0.1) is 5.92 Å². The Morgan fingerprint density at radius 3 is 2.67 bits per heavy atom. The van der Waals surface area contributed by atoms with Gasteiger partial charge in [0.05, 0.1) is 6.61 Å². The molecule has 0 aliphatic rings. The van der Waals surface area contributed by atoms with E-state index >= 15 is 0 Å². The highest BCUT2D eigenvalue weighted by Gasteiger charge is 2.08. The molecule has 0 rings (SSSR count). The van der Waals surface area contributed by atoms with Crippen molar-refractivity contribution >= 4 is 5.97 Å². The van der Waals surface area contributed by atoms with E-state index in [-0.39, 0.29) is 25.1 Å². The lowest BCUT2D eigenvalue weighted by molar-refractivity contribution is -0.142. The second-order valence-electron chi connectivity index (χ2n) is 2.63. The Bertz CT molecular complexity index is 124. The first-order valence-electron chi connectivity index (χ1n) is 3.93. The maximum Gasteiger partial charge on any atom is 0.302 e. The molecule has 1 atom stereocenters. The summed E-state index contributed by atoms with van der Waals surface area (Å²) in [7, 11) is 1.60. The zero-order valence-electron chi connectivity index (χ0n) is 7.58. The number of hydrogen-bond donors (Lipinski definition) is 1. The van der Waals surface area contributed by atoms with Crippen LogP contribution in [0.25, 0.3) is 0 Å². The molecule has 0 spiro atoms. The van der Waals surface area contributed by atoms with Crippen LogP contribution in [-0.4, -0.2) is 38.0 Å². The van der Waals surface area contributed by atoms with E-state index in [1.54, 1.807) is 7.11 Å². The van der Waals surface area contributed by atoms with E-state index in [0.29, 0.717) is 13.0 Å². The van der Waals surface area contributed by atoms with E-state index in [0.717, 1.165) is 0 Å². The van der Waals surface area contributed by atoms with E-state index in [9.17, 15) is 4.79 Å². The third-order valence-corrected chi connectivity index (χ3v) is 1.51. The van der Waals surface area contributed by atoms with Crippen LogP contribution in [0.4, 0.5) is 0 Å². The minimum atomic E-state index is -0.314. The number of carbonyl (C=O) groups is 1. The number of aliphatic hydroxyl groups is 1. The van der Waals surface area contributed by atoms with Gasteiger partial charge in [0.15, 0.2) is 0 Å². The molecule has 0 aromatic heterocycles. The van der Waals surface area contributed by atoms with Crippen LogP contribution in [0.2, 0.25) is 0 Å². The number of esters is 1. The Balaban J connectivity index is 3.45. The van der Waals surface area contributed by atoms with E-state index in [1.165, 1.54) is 6.92 Å². The first kappa shape index (κ1) is 11.4. The Kier molecular flexibility index (Phi) is 6.70. The van der Waals surface area contributed by atoms with Gasteiger partial charge in [0.1, 0.15) is 0 Å². The predicted molar refractivity (Wildman–Crippen MR) is 43.7 cm³/mol. The topological polar surface area (TPSA) is 55.8 Å². The quantitative estimate of drug-likeness (QED) is 0.587. The minimum absolute atomic E-state index is 0.00569. The van der Waals surface area contributed by atoms with Gasteiger partial charge in [-0.25, -0.2) is 0 Å². The Morgan fingerprint density at radius 1 is 1.58 bits per heavy atom. The van der Waals surface area contributed by atoms with E-state index in [1.807, 2.05) is 0 Å². The van der Waals surface area contributed by atoms with Crippen molar-refractivity contribution in [2.45, 2.75) is 13.3 Å². The second-order valence-corrected chi connectivity index (χ2v) is 2.63. The normalized spacial score (nSPS) is 12.6. The van der Waals surface area contributed by atoms with Gasteiger partial charge in [0.25, 0.3) is 0 Å². The van der Waals surface area contributed by atoms with Crippen molar-refractivity contribution in [2.75, 3.05) is 26.9 Å². The fourth-order valence-electron chi connectivity index (χ4n) is 0.747. The molecule has 0 heterocycles. The van der Waals surface area contributed by atoms with Gasteiger partial charge in [-0.05, 0) is 6.42 Å². The Morgan fingerprint density at radius 2 is 2.25 bits per heavy atom. The lowest BCUT2D eigenvalue weighted by Crippen LogP contribution is -2.17. The highest BCUT2D eigenvalue weighted by molar-refractivity contribution is 5.65. The molecule has 0 aliphatic heterocycles.